The molecule has 0 radical (unpaired) electrons. The number of benzene rings is 1. The van der Waals surface area contributed by atoms with Crippen molar-refractivity contribution >= 4 is 46.5 Å². The SMILES string of the molecule is O=C(O)/C=C/CNc1cc(Cl)c(Cl)cc1Cl. The molecule has 0 aliphatic heterocycles. The number of anilines is 1. The highest BCUT2D eigenvalue weighted by molar-refractivity contribution is 6.44. The third-order valence-corrected chi connectivity index (χ3v) is 2.72. The Kier molecular flexibility index (Phi) is 4.93. The summed E-state index contributed by atoms with van der Waals surface area (Å²) < 4.78 is 0. The number of hydrogen-bond donors (Lipinski definition) is 2. The van der Waals surface area contributed by atoms with Gasteiger partial charge in [0.15, 0.2) is 0 Å². The summed E-state index contributed by atoms with van der Waals surface area (Å²) in [5, 5.41) is 12.5. The maximum Gasteiger partial charge on any atom is 0.328 e. The monoisotopic (exact) mass is 279 g/mol. The minimum atomic E-state index is -0.998. The van der Waals surface area contributed by atoms with Crippen LogP contribution >= 0.6 is 34.8 Å². The van der Waals surface area contributed by atoms with E-state index in [1.807, 2.05) is 0 Å². The molecule has 0 amide bonds. The van der Waals surface area contributed by atoms with Gasteiger partial charge in [0.1, 0.15) is 0 Å². The highest BCUT2D eigenvalue weighted by Crippen LogP contribution is 2.31. The highest BCUT2D eigenvalue weighted by atomic mass is 35.5. The lowest BCUT2D eigenvalue weighted by Gasteiger charge is -2.07. The molecule has 3 nitrogen and oxygen atoms in total. The third-order valence-electron chi connectivity index (χ3n) is 1.68. The Balaban J connectivity index is 2.67. The molecule has 0 saturated carbocycles. The van der Waals surface area contributed by atoms with Gasteiger partial charge in [0.2, 0.25) is 0 Å². The first-order valence-corrected chi connectivity index (χ1v) is 5.42. The molecule has 0 aromatic heterocycles. The summed E-state index contributed by atoms with van der Waals surface area (Å²) in [5.74, 6) is -0.998. The van der Waals surface area contributed by atoms with Crippen LogP contribution in [0.15, 0.2) is 24.3 Å². The fourth-order valence-electron chi connectivity index (χ4n) is 0.987. The van der Waals surface area contributed by atoms with E-state index < -0.39 is 5.97 Å². The summed E-state index contributed by atoms with van der Waals surface area (Å²) in [6.07, 6.45) is 2.50. The third kappa shape index (κ3) is 3.93. The Morgan fingerprint density at radius 3 is 2.50 bits per heavy atom. The fraction of sp³-hybridized carbons (Fsp3) is 0.100. The van der Waals surface area contributed by atoms with Crippen LogP contribution in [-0.4, -0.2) is 17.6 Å². The van der Waals surface area contributed by atoms with Gasteiger partial charge >= 0.3 is 5.97 Å². The van der Waals surface area contributed by atoms with Crippen LogP contribution in [-0.2, 0) is 4.79 Å². The van der Waals surface area contributed by atoms with Gasteiger partial charge in [-0.1, -0.05) is 40.9 Å². The highest BCUT2D eigenvalue weighted by Gasteiger charge is 2.04. The zero-order valence-electron chi connectivity index (χ0n) is 8.01. The molecule has 0 aliphatic carbocycles. The van der Waals surface area contributed by atoms with Crippen molar-refractivity contribution in [2.45, 2.75) is 0 Å². The molecule has 0 spiro atoms. The van der Waals surface area contributed by atoms with Gasteiger partial charge < -0.3 is 10.4 Å². The fourth-order valence-corrected chi connectivity index (χ4v) is 1.60. The first kappa shape index (κ1) is 13.2. The number of rotatable bonds is 4. The van der Waals surface area contributed by atoms with E-state index in [9.17, 15) is 4.79 Å². The first-order valence-electron chi connectivity index (χ1n) is 4.28. The smallest absolute Gasteiger partial charge is 0.328 e. The average molecular weight is 281 g/mol. The lowest BCUT2D eigenvalue weighted by Crippen LogP contribution is -2.00. The minimum Gasteiger partial charge on any atom is -0.478 e. The van der Waals surface area contributed by atoms with Crippen LogP contribution in [0.1, 0.15) is 0 Å². The molecule has 0 atom stereocenters. The number of nitrogens with one attached hydrogen (secondary N) is 1. The minimum absolute atomic E-state index is 0.337. The topological polar surface area (TPSA) is 49.3 Å². The van der Waals surface area contributed by atoms with Gasteiger partial charge in [-0.2, -0.15) is 0 Å². The van der Waals surface area contributed by atoms with Crippen molar-refractivity contribution < 1.29 is 9.90 Å². The zero-order valence-corrected chi connectivity index (χ0v) is 10.3. The molecule has 6 heteroatoms. The summed E-state index contributed by atoms with van der Waals surface area (Å²) in [6.45, 7) is 0.337. The number of aliphatic carboxylic acids is 1. The quantitative estimate of drug-likeness (QED) is 0.653. The molecule has 1 aromatic rings. The second-order valence-corrected chi connectivity index (χ2v) is 4.09. The number of hydrogen-bond acceptors (Lipinski definition) is 2. The van der Waals surface area contributed by atoms with Gasteiger partial charge in [-0.3, -0.25) is 0 Å². The van der Waals surface area contributed by atoms with Crippen molar-refractivity contribution in [3.63, 3.8) is 0 Å². The van der Waals surface area contributed by atoms with Crippen LogP contribution in [0.3, 0.4) is 0 Å². The van der Waals surface area contributed by atoms with Crippen molar-refractivity contribution in [2.24, 2.45) is 0 Å². The Morgan fingerprint density at radius 1 is 1.25 bits per heavy atom. The summed E-state index contributed by atoms with van der Waals surface area (Å²) in [7, 11) is 0. The van der Waals surface area contributed by atoms with Crippen molar-refractivity contribution in [3.8, 4) is 0 Å². The zero-order chi connectivity index (χ0) is 12.1. The van der Waals surface area contributed by atoms with Crippen molar-refractivity contribution in [1.82, 2.24) is 0 Å². The molecule has 86 valence electrons. The Labute approximate surface area is 108 Å². The molecule has 0 saturated heterocycles. The van der Waals surface area contributed by atoms with Crippen LogP contribution in [0.2, 0.25) is 15.1 Å². The summed E-state index contributed by atoms with van der Waals surface area (Å²) in [6, 6.07) is 3.11. The van der Waals surface area contributed by atoms with E-state index in [0.29, 0.717) is 27.3 Å². The molecule has 0 unspecified atom stereocenters. The van der Waals surface area contributed by atoms with Crippen molar-refractivity contribution in [3.05, 3.63) is 39.4 Å². The second-order valence-electron chi connectivity index (χ2n) is 2.87. The van der Waals surface area contributed by atoms with Gasteiger partial charge in [-0.15, -0.1) is 0 Å². The number of carbonyl (C=O) groups is 1. The van der Waals surface area contributed by atoms with E-state index in [1.165, 1.54) is 12.1 Å². The molecule has 16 heavy (non-hydrogen) atoms. The predicted molar refractivity (Wildman–Crippen MR) is 66.7 cm³/mol. The summed E-state index contributed by atoms with van der Waals surface area (Å²) in [5.41, 5.74) is 0.603. The van der Waals surface area contributed by atoms with Crippen LogP contribution in [0, 0.1) is 0 Å². The van der Waals surface area contributed by atoms with Crippen molar-refractivity contribution in [2.75, 3.05) is 11.9 Å². The number of halogens is 3. The van der Waals surface area contributed by atoms with E-state index in [-0.39, 0.29) is 0 Å². The van der Waals surface area contributed by atoms with Crippen LogP contribution in [0.4, 0.5) is 5.69 Å². The van der Waals surface area contributed by atoms with Crippen molar-refractivity contribution in [1.29, 1.82) is 0 Å². The van der Waals surface area contributed by atoms with Crippen LogP contribution in [0.25, 0.3) is 0 Å². The van der Waals surface area contributed by atoms with Gasteiger partial charge in [-0.05, 0) is 12.1 Å². The maximum atomic E-state index is 10.2. The Hall–Kier alpha value is -0.900. The van der Waals surface area contributed by atoms with Gasteiger partial charge in [-0.25, -0.2) is 4.79 Å². The molecule has 0 bridgehead atoms. The summed E-state index contributed by atoms with van der Waals surface area (Å²) in [4.78, 5) is 10.2. The maximum absolute atomic E-state index is 10.2. The van der Waals surface area contributed by atoms with Gasteiger partial charge in [0.05, 0.1) is 20.8 Å². The van der Waals surface area contributed by atoms with Gasteiger partial charge in [0, 0.05) is 12.6 Å². The lowest BCUT2D eigenvalue weighted by atomic mass is 10.3. The van der Waals surface area contributed by atoms with Gasteiger partial charge in [0.25, 0.3) is 0 Å². The predicted octanol–water partition coefficient (Wildman–Crippen LogP) is 3.70. The van der Waals surface area contributed by atoms with E-state index in [2.05, 4.69) is 5.32 Å². The van der Waals surface area contributed by atoms with E-state index in [0.717, 1.165) is 6.08 Å². The molecule has 0 heterocycles. The van der Waals surface area contributed by atoms with Crippen LogP contribution in [0.5, 0.6) is 0 Å². The molecule has 2 N–H and O–H groups in total. The molecular weight excluding hydrogens is 272 g/mol. The Morgan fingerprint density at radius 2 is 1.88 bits per heavy atom. The normalized spacial score (nSPS) is 10.7. The van der Waals surface area contributed by atoms with E-state index in [4.69, 9.17) is 39.9 Å². The standard InChI is InChI=1S/C10H8Cl3NO2/c11-6-4-8(13)9(5-7(6)12)14-3-1-2-10(15)16/h1-2,4-5,14H,3H2,(H,15,16)/b2-1+. The molecular formula is C10H8Cl3NO2. The molecule has 0 aliphatic rings. The van der Waals surface area contributed by atoms with Crippen LogP contribution < -0.4 is 5.32 Å². The average Bonchev–Trinajstić information content (AvgIpc) is 2.19. The molecule has 1 rings (SSSR count). The first-order chi connectivity index (χ1) is 7.50. The summed E-state index contributed by atoms with van der Waals surface area (Å²) >= 11 is 17.5. The Bertz CT molecular complexity index is 432. The number of carboxylic acid groups (broad SMARTS) is 1. The largest absolute Gasteiger partial charge is 0.478 e. The molecule has 0 fully saturated rings. The van der Waals surface area contributed by atoms with E-state index >= 15 is 0 Å². The van der Waals surface area contributed by atoms with E-state index in [1.54, 1.807) is 6.07 Å². The molecule has 1 aromatic carbocycles. The number of carboxylic acids is 1. The second kappa shape index (κ2) is 5.99. The lowest BCUT2D eigenvalue weighted by molar-refractivity contribution is -0.131.